The van der Waals surface area contributed by atoms with Crippen LogP contribution in [-0.4, -0.2) is 23.0 Å². The third-order valence-corrected chi connectivity index (χ3v) is 3.54. The molecule has 1 aromatic carbocycles. The van der Waals surface area contributed by atoms with Crippen molar-refractivity contribution in [1.82, 2.24) is 5.32 Å². The number of hydrogen-bond acceptors (Lipinski definition) is 4. The Labute approximate surface area is 116 Å². The van der Waals surface area contributed by atoms with E-state index in [1.165, 1.54) is 30.1 Å². The third-order valence-electron chi connectivity index (χ3n) is 2.00. The molecule has 1 amide bonds. The van der Waals surface area contributed by atoms with Gasteiger partial charge in [0, 0.05) is 5.56 Å². The van der Waals surface area contributed by atoms with E-state index in [2.05, 4.69) is 15.5 Å². The molecule has 1 N–H and O–H groups in total. The number of carbonyl (C=O) groups is 1. The Bertz CT molecular complexity index is 562. The largest absolute Gasteiger partial charge is 0.303 e. The minimum atomic E-state index is -0.696. The van der Waals surface area contributed by atoms with E-state index < -0.39 is 5.82 Å². The topological polar surface area (TPSA) is 53.8 Å². The van der Waals surface area contributed by atoms with E-state index in [1.807, 2.05) is 0 Å². The van der Waals surface area contributed by atoms with Crippen LogP contribution < -0.4 is 5.32 Å². The maximum atomic E-state index is 13.3. The quantitative estimate of drug-likeness (QED) is 0.519. The van der Waals surface area contributed by atoms with Gasteiger partial charge in [0.15, 0.2) is 11.0 Å². The average Bonchev–Trinajstić information content (AvgIpc) is 2.75. The molecule has 0 unspecified atom stereocenters. The van der Waals surface area contributed by atoms with E-state index in [1.54, 1.807) is 0 Å². The molecule has 94 valence electrons. The number of halogens is 3. The Balaban J connectivity index is 2.15. The molecule has 2 rings (SSSR count). The summed E-state index contributed by atoms with van der Waals surface area (Å²) in [5.74, 6) is -0.493. The van der Waals surface area contributed by atoms with Crippen LogP contribution in [0.4, 0.5) is 4.39 Å². The van der Waals surface area contributed by atoms with Gasteiger partial charge in [-0.3, -0.25) is 4.79 Å². The highest BCUT2D eigenvalue weighted by Gasteiger charge is 2.16. The van der Waals surface area contributed by atoms with Gasteiger partial charge in [-0.1, -0.05) is 41.0 Å². The molecular weight excluding hydrogens is 300 g/mol. The molecule has 0 spiro atoms. The van der Waals surface area contributed by atoms with Crippen LogP contribution in [-0.2, 0) is 4.79 Å². The van der Waals surface area contributed by atoms with Crippen LogP contribution >= 0.6 is 35.0 Å². The lowest BCUT2D eigenvalue weighted by Crippen LogP contribution is -2.19. The van der Waals surface area contributed by atoms with Gasteiger partial charge in [0.2, 0.25) is 5.91 Å². The lowest BCUT2D eigenvalue weighted by Gasteiger charge is -2.00. The number of nitrogens with one attached hydrogen (secondary N) is 1. The molecule has 0 bridgehead atoms. The maximum Gasteiger partial charge on any atom is 0.236 e. The van der Waals surface area contributed by atoms with Gasteiger partial charge in [0.05, 0.1) is 22.0 Å². The van der Waals surface area contributed by atoms with Crippen molar-refractivity contribution in [2.24, 2.45) is 10.2 Å². The second-order valence-electron chi connectivity index (χ2n) is 3.25. The molecule has 1 heterocycles. The highest BCUT2D eigenvalue weighted by molar-refractivity contribution is 8.15. The van der Waals surface area contributed by atoms with Crippen molar-refractivity contribution in [3.63, 3.8) is 0 Å². The second kappa shape index (κ2) is 5.69. The lowest BCUT2D eigenvalue weighted by molar-refractivity contribution is -0.116. The van der Waals surface area contributed by atoms with E-state index in [0.717, 1.165) is 0 Å². The van der Waals surface area contributed by atoms with Crippen LogP contribution in [0.15, 0.2) is 22.3 Å². The van der Waals surface area contributed by atoms with E-state index >= 15 is 0 Å². The normalized spacial score (nSPS) is 17.7. The number of carbonyl (C=O) groups excluding carboxylic acids is 1. The summed E-state index contributed by atoms with van der Waals surface area (Å²) in [6.07, 6.45) is 1.29. The van der Waals surface area contributed by atoms with Crippen molar-refractivity contribution < 1.29 is 9.18 Å². The zero-order valence-corrected chi connectivity index (χ0v) is 11.1. The molecule has 8 heteroatoms. The van der Waals surface area contributed by atoms with Crippen molar-refractivity contribution in [2.45, 2.75) is 0 Å². The molecule has 18 heavy (non-hydrogen) atoms. The first-order valence-electron chi connectivity index (χ1n) is 4.75. The molecule has 1 aromatic rings. The molecule has 0 radical (unpaired) electrons. The van der Waals surface area contributed by atoms with Crippen LogP contribution in [0.2, 0.25) is 10.0 Å². The fourth-order valence-electron chi connectivity index (χ4n) is 1.16. The molecule has 1 aliphatic heterocycles. The minimum absolute atomic E-state index is 0.0536. The number of benzene rings is 1. The van der Waals surface area contributed by atoms with E-state index in [0.29, 0.717) is 16.5 Å². The van der Waals surface area contributed by atoms with Crippen molar-refractivity contribution in [3.05, 3.63) is 33.6 Å². The Morgan fingerprint density at radius 3 is 2.89 bits per heavy atom. The molecule has 1 aliphatic rings. The van der Waals surface area contributed by atoms with Gasteiger partial charge in [-0.2, -0.15) is 5.10 Å². The van der Waals surface area contributed by atoms with Gasteiger partial charge in [0.25, 0.3) is 0 Å². The van der Waals surface area contributed by atoms with Crippen molar-refractivity contribution in [2.75, 3.05) is 5.75 Å². The summed E-state index contributed by atoms with van der Waals surface area (Å²) >= 11 is 12.5. The second-order valence-corrected chi connectivity index (χ2v) is 5.00. The highest BCUT2D eigenvalue weighted by atomic mass is 35.5. The predicted molar refractivity (Wildman–Crippen MR) is 72.0 cm³/mol. The SMILES string of the molecule is O=C1CSC(=NN=Cc2ccc(Cl)c(F)c2Cl)N1. The number of nitrogens with zero attached hydrogens (tertiary/aromatic N) is 2. The summed E-state index contributed by atoms with van der Waals surface area (Å²) in [4.78, 5) is 10.9. The first-order valence-corrected chi connectivity index (χ1v) is 6.49. The smallest absolute Gasteiger partial charge is 0.236 e. The zero-order chi connectivity index (χ0) is 13.1. The van der Waals surface area contributed by atoms with Crippen LogP contribution in [0.25, 0.3) is 0 Å². The number of hydrogen-bond donors (Lipinski definition) is 1. The van der Waals surface area contributed by atoms with Crippen LogP contribution in [0, 0.1) is 5.82 Å². The number of rotatable bonds is 2. The Kier molecular flexibility index (Phi) is 4.21. The van der Waals surface area contributed by atoms with Crippen LogP contribution in [0.5, 0.6) is 0 Å². The van der Waals surface area contributed by atoms with Gasteiger partial charge >= 0.3 is 0 Å². The van der Waals surface area contributed by atoms with E-state index in [-0.39, 0.29) is 16.0 Å². The summed E-state index contributed by atoms with van der Waals surface area (Å²) in [6.45, 7) is 0. The molecule has 0 aliphatic carbocycles. The molecule has 1 fully saturated rings. The first kappa shape index (κ1) is 13.3. The van der Waals surface area contributed by atoms with Gasteiger partial charge in [-0.15, -0.1) is 5.10 Å². The van der Waals surface area contributed by atoms with Gasteiger partial charge in [0.1, 0.15) is 0 Å². The molecule has 4 nitrogen and oxygen atoms in total. The number of thioether (sulfide) groups is 1. The van der Waals surface area contributed by atoms with Crippen LogP contribution in [0.1, 0.15) is 5.56 Å². The van der Waals surface area contributed by atoms with Crippen LogP contribution in [0.3, 0.4) is 0 Å². The molecular formula is C10H6Cl2FN3OS. The lowest BCUT2D eigenvalue weighted by atomic mass is 10.2. The number of amides is 1. The van der Waals surface area contributed by atoms with E-state index in [9.17, 15) is 9.18 Å². The van der Waals surface area contributed by atoms with Gasteiger partial charge in [-0.05, 0) is 6.07 Å². The maximum absolute atomic E-state index is 13.3. The summed E-state index contributed by atoms with van der Waals surface area (Å²) < 4.78 is 13.3. The predicted octanol–water partition coefficient (Wildman–Crippen LogP) is 2.69. The molecule has 1 saturated heterocycles. The Hall–Kier alpha value is -1.11. The number of amidine groups is 1. The van der Waals surface area contributed by atoms with E-state index in [4.69, 9.17) is 23.2 Å². The molecule has 0 aromatic heterocycles. The molecule has 0 saturated carbocycles. The molecule has 0 atom stereocenters. The highest BCUT2D eigenvalue weighted by Crippen LogP contribution is 2.25. The fourth-order valence-corrected chi connectivity index (χ4v) is 2.21. The van der Waals surface area contributed by atoms with Crippen molar-refractivity contribution in [1.29, 1.82) is 0 Å². The average molecular weight is 306 g/mol. The summed E-state index contributed by atoms with van der Waals surface area (Å²) in [5.41, 5.74) is 0.359. The Morgan fingerprint density at radius 2 is 2.22 bits per heavy atom. The minimum Gasteiger partial charge on any atom is -0.303 e. The summed E-state index contributed by atoms with van der Waals surface area (Å²) in [7, 11) is 0. The standard InChI is InChI=1S/C10H6Cl2FN3OS/c11-6-2-1-5(8(12)9(6)13)3-14-16-10-15-7(17)4-18-10/h1-3H,4H2,(H,15,16,17). The fraction of sp³-hybridized carbons (Fsp3) is 0.100. The summed E-state index contributed by atoms with van der Waals surface area (Å²) in [6, 6.07) is 2.90. The monoisotopic (exact) mass is 305 g/mol. The van der Waals surface area contributed by atoms with Crippen molar-refractivity contribution >= 4 is 52.3 Å². The Morgan fingerprint density at radius 1 is 1.44 bits per heavy atom. The van der Waals surface area contributed by atoms with Gasteiger partial charge < -0.3 is 5.32 Å². The van der Waals surface area contributed by atoms with Crippen molar-refractivity contribution in [3.8, 4) is 0 Å². The zero-order valence-electron chi connectivity index (χ0n) is 8.78. The third kappa shape index (κ3) is 3.01. The summed E-state index contributed by atoms with van der Waals surface area (Å²) in [5, 5.41) is 10.2. The van der Waals surface area contributed by atoms with Gasteiger partial charge in [-0.25, -0.2) is 4.39 Å². The first-order chi connectivity index (χ1) is 8.58.